The minimum Gasteiger partial charge on any atom is -0.472 e. The number of ether oxygens (including phenoxy) is 1. The van der Waals surface area contributed by atoms with Gasteiger partial charge in [-0.1, -0.05) is 38.1 Å². The third-order valence-corrected chi connectivity index (χ3v) is 14.1. The molecule has 16 heteroatoms. The summed E-state index contributed by atoms with van der Waals surface area (Å²) in [5, 5.41) is 14.2. The zero-order valence-electron chi connectivity index (χ0n) is 32.2. The average Bonchev–Trinajstić information content (AvgIpc) is 3.89. The summed E-state index contributed by atoms with van der Waals surface area (Å²) in [5.74, 6) is -2.15. The number of aromatic nitrogens is 3. The molecule has 2 aliphatic heterocycles. The van der Waals surface area contributed by atoms with Crippen LogP contribution in [0.5, 0.6) is 5.88 Å². The quantitative estimate of drug-likeness (QED) is 0.305. The topological polar surface area (TPSA) is 193 Å². The Bertz CT molecular complexity index is 2180. The van der Waals surface area contributed by atoms with Crippen LogP contribution in [0, 0.1) is 17.8 Å². The third kappa shape index (κ3) is 7.13. The number of fused-ring (bicyclic) bond motifs is 5. The van der Waals surface area contributed by atoms with Crippen molar-refractivity contribution in [1.82, 2.24) is 34.2 Å². The lowest BCUT2D eigenvalue weighted by Gasteiger charge is -2.43. The van der Waals surface area contributed by atoms with Crippen LogP contribution in [0.3, 0.4) is 0 Å². The van der Waals surface area contributed by atoms with Gasteiger partial charge in [-0.15, -0.1) is 0 Å². The molecule has 15 nitrogen and oxygen atoms in total. The second kappa shape index (κ2) is 13.8. The number of hydrogen-bond donors (Lipinski definition) is 3. The van der Waals surface area contributed by atoms with Crippen molar-refractivity contribution in [2.24, 2.45) is 17.8 Å². The summed E-state index contributed by atoms with van der Waals surface area (Å²) < 4.78 is 36.0. The van der Waals surface area contributed by atoms with Crippen LogP contribution in [0.25, 0.3) is 16.7 Å². The maximum atomic E-state index is 15.1. The van der Waals surface area contributed by atoms with Crippen LogP contribution in [0.15, 0.2) is 48.8 Å². The van der Waals surface area contributed by atoms with Crippen LogP contribution in [-0.2, 0) is 24.4 Å². The molecule has 296 valence electrons. The zero-order valence-corrected chi connectivity index (χ0v) is 33.0. The standard InChI is InChI=1S/C39H51N7O8S/c1-23-11-7-8-12-25-21-39(25,34(49)43-55(52,53)38(6)15-16-38)42-31(47)29-20-26(54-32-27-13-9-10-14-28(27)44-18-17-40-35(44)41-32)22-45(29)33(48)30(24(2)19-23)46(36(50)51)37(3,4)5/h8-10,12-14,17-18,23-26,29-30H,7,11,15-16,19-22H2,1-6H3,(H,42,47)(H,43,49)(H,50,51)/t23-,24+,25+,26+,29-,30-,39+/m0/s1. The first-order valence-electron chi connectivity index (χ1n) is 19.1. The first-order valence-corrected chi connectivity index (χ1v) is 20.6. The number of carbonyl (C=O) groups excluding carboxylic acids is 3. The van der Waals surface area contributed by atoms with E-state index in [2.05, 4.69) is 26.9 Å². The van der Waals surface area contributed by atoms with Gasteiger partial charge in [0, 0.05) is 30.3 Å². The van der Waals surface area contributed by atoms with E-state index in [0.717, 1.165) is 11.9 Å². The van der Waals surface area contributed by atoms with Gasteiger partial charge < -0.3 is 20.1 Å². The van der Waals surface area contributed by atoms with Crippen LogP contribution < -0.4 is 14.8 Å². The molecule has 2 aromatic heterocycles. The van der Waals surface area contributed by atoms with Gasteiger partial charge in [0.25, 0.3) is 5.91 Å². The number of hydrogen-bond acceptors (Lipinski definition) is 9. The van der Waals surface area contributed by atoms with E-state index in [1.54, 1.807) is 40.1 Å². The fraction of sp³-hybridized carbons (Fsp3) is 0.590. The number of nitrogens with zero attached hydrogens (tertiary/aromatic N) is 5. The minimum atomic E-state index is -4.02. The molecule has 7 atom stereocenters. The molecular weight excluding hydrogens is 727 g/mol. The maximum absolute atomic E-state index is 15.1. The number of carboxylic acid groups (broad SMARTS) is 1. The van der Waals surface area contributed by atoms with E-state index in [1.165, 1.54) is 9.80 Å². The van der Waals surface area contributed by atoms with Crippen LogP contribution in [-0.4, -0.2) is 102 Å². The van der Waals surface area contributed by atoms with Crippen molar-refractivity contribution in [2.45, 2.75) is 121 Å². The molecule has 3 aromatic rings. The van der Waals surface area contributed by atoms with Gasteiger partial charge in [-0.2, -0.15) is 4.98 Å². The molecule has 0 unspecified atom stereocenters. The van der Waals surface area contributed by atoms with Gasteiger partial charge in [0.1, 0.15) is 23.7 Å². The Labute approximate surface area is 320 Å². The molecule has 3 fully saturated rings. The Kier molecular flexibility index (Phi) is 9.66. The van der Waals surface area contributed by atoms with E-state index in [1.807, 2.05) is 47.7 Å². The van der Waals surface area contributed by atoms with Crippen LogP contribution in [0.1, 0.15) is 86.5 Å². The summed E-state index contributed by atoms with van der Waals surface area (Å²) >= 11 is 0. The first-order chi connectivity index (χ1) is 25.8. The van der Waals surface area contributed by atoms with Crippen molar-refractivity contribution in [1.29, 1.82) is 0 Å². The number of para-hydroxylation sites is 1. The molecule has 7 rings (SSSR count). The van der Waals surface area contributed by atoms with Crippen molar-refractivity contribution < 1.29 is 37.4 Å². The monoisotopic (exact) mass is 777 g/mol. The number of allylic oxidation sites excluding steroid dienone is 1. The fourth-order valence-corrected chi connectivity index (χ4v) is 9.71. The van der Waals surface area contributed by atoms with Gasteiger partial charge in [0.05, 0.1) is 22.2 Å². The first kappa shape index (κ1) is 38.5. The summed E-state index contributed by atoms with van der Waals surface area (Å²) in [6.07, 6.45) is 8.17. The van der Waals surface area contributed by atoms with Crippen molar-refractivity contribution in [3.8, 4) is 5.88 Å². The number of benzene rings is 1. The van der Waals surface area contributed by atoms with Crippen LogP contribution in [0.2, 0.25) is 0 Å². The highest BCUT2D eigenvalue weighted by Crippen LogP contribution is 2.48. The predicted molar refractivity (Wildman–Crippen MR) is 203 cm³/mol. The smallest absolute Gasteiger partial charge is 0.408 e. The van der Waals surface area contributed by atoms with Gasteiger partial charge >= 0.3 is 6.09 Å². The Morgan fingerprint density at radius 1 is 1.13 bits per heavy atom. The van der Waals surface area contributed by atoms with Crippen molar-refractivity contribution in [2.75, 3.05) is 6.54 Å². The lowest BCUT2D eigenvalue weighted by molar-refractivity contribution is -0.146. The summed E-state index contributed by atoms with van der Waals surface area (Å²) in [6.45, 7) is 10.7. The molecule has 2 saturated carbocycles. The summed E-state index contributed by atoms with van der Waals surface area (Å²) in [7, 11) is -4.02. The third-order valence-electron chi connectivity index (χ3n) is 11.9. The highest BCUT2D eigenvalue weighted by atomic mass is 32.2. The van der Waals surface area contributed by atoms with Gasteiger partial charge in [-0.25, -0.2) is 18.2 Å². The second-order valence-corrected chi connectivity index (χ2v) is 19.5. The number of rotatable bonds is 6. The number of imidazole rings is 1. The van der Waals surface area contributed by atoms with E-state index in [4.69, 9.17) is 4.74 Å². The predicted octanol–water partition coefficient (Wildman–Crippen LogP) is 4.26. The second-order valence-electron chi connectivity index (χ2n) is 17.3. The molecule has 3 N–H and O–H groups in total. The van der Waals surface area contributed by atoms with Crippen LogP contribution >= 0.6 is 0 Å². The SMILES string of the molecule is C[C@H]1CCC=C[C@@H]2C[C@@]2(C(=O)NS(=O)(=O)C2(C)CC2)NC(=O)[C@@H]2C[C@@H](Oc3nc4nccn4c4ccccc34)CN2C(=O)[C@@H](N(C(=O)O)C(C)(C)C)[C@H](C)C1. The molecular formula is C39H51N7O8S. The highest BCUT2D eigenvalue weighted by molar-refractivity contribution is 7.91. The summed E-state index contributed by atoms with van der Waals surface area (Å²) in [5.41, 5.74) is -1.74. The fourth-order valence-electron chi connectivity index (χ4n) is 8.39. The Balaban J connectivity index is 1.28. The van der Waals surface area contributed by atoms with Gasteiger partial charge in [0.15, 0.2) is 0 Å². The molecule has 55 heavy (non-hydrogen) atoms. The van der Waals surface area contributed by atoms with Gasteiger partial charge in [-0.3, -0.25) is 28.4 Å². The van der Waals surface area contributed by atoms with E-state index in [9.17, 15) is 27.9 Å². The zero-order chi connectivity index (χ0) is 39.7. The molecule has 0 radical (unpaired) electrons. The lowest BCUT2D eigenvalue weighted by atomic mass is 9.85. The minimum absolute atomic E-state index is 0.00185. The molecule has 0 spiro atoms. The van der Waals surface area contributed by atoms with E-state index in [-0.39, 0.29) is 31.2 Å². The number of carbonyl (C=O) groups is 4. The maximum Gasteiger partial charge on any atom is 0.408 e. The summed E-state index contributed by atoms with van der Waals surface area (Å²) in [4.78, 5) is 68.2. The van der Waals surface area contributed by atoms with Crippen molar-refractivity contribution >= 4 is 50.5 Å². The largest absolute Gasteiger partial charge is 0.472 e. The molecule has 4 amide bonds. The molecule has 0 bridgehead atoms. The lowest BCUT2D eigenvalue weighted by Crippen LogP contribution is -2.62. The van der Waals surface area contributed by atoms with Crippen molar-refractivity contribution in [3.05, 3.63) is 48.8 Å². The van der Waals surface area contributed by atoms with Crippen molar-refractivity contribution in [3.63, 3.8) is 0 Å². The van der Waals surface area contributed by atoms with Crippen LogP contribution in [0.4, 0.5) is 4.79 Å². The molecule has 2 aliphatic carbocycles. The Morgan fingerprint density at radius 3 is 2.55 bits per heavy atom. The highest BCUT2D eigenvalue weighted by Gasteiger charge is 2.63. The number of amides is 4. The average molecular weight is 778 g/mol. The molecule has 4 aliphatic rings. The van der Waals surface area contributed by atoms with E-state index >= 15 is 4.79 Å². The molecule has 1 saturated heterocycles. The Hall–Kier alpha value is -4.73. The number of nitrogens with one attached hydrogen (secondary N) is 2. The van der Waals surface area contributed by atoms with Gasteiger partial charge in [-0.05, 0) is 90.2 Å². The molecule has 1 aromatic carbocycles. The van der Waals surface area contributed by atoms with E-state index < -0.39 is 79.7 Å². The van der Waals surface area contributed by atoms with E-state index in [0.29, 0.717) is 36.8 Å². The normalized spacial score (nSPS) is 29.7. The summed E-state index contributed by atoms with van der Waals surface area (Å²) in [6, 6.07) is 5.17. The number of sulfonamides is 1. The van der Waals surface area contributed by atoms with Gasteiger partial charge in [0.2, 0.25) is 33.5 Å². The Morgan fingerprint density at radius 2 is 1.85 bits per heavy atom. The molecule has 4 heterocycles.